The molecule has 0 spiro atoms. The lowest BCUT2D eigenvalue weighted by molar-refractivity contribution is 0.347. The Bertz CT molecular complexity index is 3060. The number of aromatic hydroxyl groups is 8. The van der Waals surface area contributed by atoms with Gasteiger partial charge >= 0.3 is 0 Å². The summed E-state index contributed by atoms with van der Waals surface area (Å²) in [6, 6.07) is 9.92. The van der Waals surface area contributed by atoms with Crippen LogP contribution in [0.5, 0.6) is 46.0 Å². The second-order valence-corrected chi connectivity index (χ2v) is 16.9. The van der Waals surface area contributed by atoms with E-state index in [1.807, 2.05) is 59.8 Å². The van der Waals surface area contributed by atoms with Crippen LogP contribution in [-0.2, 0) is 12.8 Å². The summed E-state index contributed by atoms with van der Waals surface area (Å²) in [6.45, 7) is 11.3. The topological polar surface area (TPSA) is 222 Å². The van der Waals surface area contributed by atoms with Crippen molar-refractivity contribution in [2.75, 3.05) is 0 Å². The minimum Gasteiger partial charge on any atom is -0.508 e. The molecule has 2 heterocycles. The van der Waals surface area contributed by atoms with E-state index in [4.69, 9.17) is 8.83 Å². The van der Waals surface area contributed by atoms with Gasteiger partial charge in [0.1, 0.15) is 73.9 Å². The van der Waals surface area contributed by atoms with Crippen molar-refractivity contribution in [3.63, 3.8) is 0 Å². The SMILES string of the molecule is CC(C)=CCc1c(-c2ccc(O)cc2O)oc2c(/C=C/C3(C)CC(C)=CC(c4c(O)cc(O)c5c(=O)c(CC=C(C)C)c(-c6ccc(O)cc6O)oc45)C3)c(O)cc(O)c2c1=O. The Labute approximate surface area is 356 Å². The Morgan fingerprint density at radius 1 is 0.661 bits per heavy atom. The van der Waals surface area contributed by atoms with Gasteiger partial charge in [-0.05, 0) is 90.0 Å². The second-order valence-electron chi connectivity index (χ2n) is 16.9. The Morgan fingerprint density at radius 3 is 1.65 bits per heavy atom. The fraction of sp³-hybridized carbons (Fsp3) is 0.240. The summed E-state index contributed by atoms with van der Waals surface area (Å²) in [6.07, 6.45) is 9.96. The van der Waals surface area contributed by atoms with Crippen LogP contribution in [0.15, 0.2) is 108 Å². The van der Waals surface area contributed by atoms with Gasteiger partial charge in [-0.3, -0.25) is 9.59 Å². The number of rotatable bonds is 9. The number of hydrogen-bond donors (Lipinski definition) is 8. The van der Waals surface area contributed by atoms with Gasteiger partial charge < -0.3 is 49.7 Å². The molecule has 0 fully saturated rings. The molecule has 320 valence electrons. The average molecular weight is 841 g/mol. The van der Waals surface area contributed by atoms with Gasteiger partial charge in [0, 0.05) is 46.9 Å². The van der Waals surface area contributed by atoms with Gasteiger partial charge in [-0.15, -0.1) is 0 Å². The van der Waals surface area contributed by atoms with Crippen molar-refractivity contribution in [2.24, 2.45) is 5.41 Å². The standard InChI is InChI=1S/C50H48O12/c1-24(2)7-11-33-44(59)42-39(57)20-37(55)32(48(42)61-46(33)30-13-9-28(51)18-35(30)53)15-16-50(6)22-26(5)17-27(23-50)41-38(56)21-40(58)43-45(60)34(12-8-25(3)4)47(62-49(41)43)31-14-10-29(52)19-36(31)54/h7-10,13-21,27,51-58H,11-12,22-23H2,1-6H3/b16-15+. The predicted molar refractivity (Wildman–Crippen MR) is 238 cm³/mol. The molecule has 0 saturated carbocycles. The highest BCUT2D eigenvalue weighted by Crippen LogP contribution is 2.50. The van der Waals surface area contributed by atoms with Gasteiger partial charge in [-0.25, -0.2) is 0 Å². The van der Waals surface area contributed by atoms with E-state index in [2.05, 4.69) is 0 Å². The third-order valence-corrected chi connectivity index (χ3v) is 11.3. The lowest BCUT2D eigenvalue weighted by atomic mass is 9.69. The molecule has 0 aliphatic heterocycles. The van der Waals surface area contributed by atoms with Gasteiger partial charge in [0.15, 0.2) is 5.58 Å². The molecule has 0 amide bonds. The van der Waals surface area contributed by atoms with Crippen LogP contribution in [0.4, 0.5) is 0 Å². The summed E-state index contributed by atoms with van der Waals surface area (Å²) in [5.41, 5.74) is 1.40. The van der Waals surface area contributed by atoms with Crippen LogP contribution in [0.2, 0.25) is 0 Å². The van der Waals surface area contributed by atoms with E-state index in [1.165, 1.54) is 24.3 Å². The number of benzene rings is 4. The highest BCUT2D eigenvalue weighted by Gasteiger charge is 2.35. The molecule has 6 aromatic rings. The molecule has 0 bridgehead atoms. The van der Waals surface area contributed by atoms with Gasteiger partial charge in [-0.1, -0.05) is 54.0 Å². The smallest absolute Gasteiger partial charge is 0.200 e. The maximum atomic E-state index is 14.4. The van der Waals surface area contributed by atoms with Gasteiger partial charge in [0.25, 0.3) is 0 Å². The van der Waals surface area contributed by atoms with Gasteiger partial charge in [0.05, 0.1) is 16.7 Å². The van der Waals surface area contributed by atoms with Crippen LogP contribution in [0.25, 0.3) is 50.7 Å². The van der Waals surface area contributed by atoms with E-state index in [0.29, 0.717) is 12.8 Å². The highest BCUT2D eigenvalue weighted by atomic mass is 16.3. The number of phenols is 8. The molecule has 1 aliphatic carbocycles. The molecule has 62 heavy (non-hydrogen) atoms. The Kier molecular flexibility index (Phi) is 11.2. The molecule has 0 radical (unpaired) electrons. The summed E-state index contributed by atoms with van der Waals surface area (Å²) in [7, 11) is 0. The molecule has 2 atom stereocenters. The summed E-state index contributed by atoms with van der Waals surface area (Å²) in [4.78, 5) is 28.6. The van der Waals surface area contributed by atoms with Crippen LogP contribution >= 0.6 is 0 Å². The maximum Gasteiger partial charge on any atom is 0.200 e. The van der Waals surface area contributed by atoms with E-state index in [1.54, 1.807) is 12.2 Å². The van der Waals surface area contributed by atoms with Gasteiger partial charge in [0.2, 0.25) is 10.9 Å². The van der Waals surface area contributed by atoms with E-state index >= 15 is 0 Å². The largest absolute Gasteiger partial charge is 0.508 e. The third kappa shape index (κ3) is 7.99. The normalized spacial score (nSPS) is 16.5. The molecule has 1 aliphatic rings. The lowest BCUT2D eigenvalue weighted by Crippen LogP contribution is -2.22. The summed E-state index contributed by atoms with van der Waals surface area (Å²) in [5.74, 6) is -3.47. The number of phenolic OH excluding ortho intramolecular Hbond substituents is 8. The first-order valence-electron chi connectivity index (χ1n) is 20.0. The minimum atomic E-state index is -0.736. The zero-order valence-corrected chi connectivity index (χ0v) is 35.1. The quantitative estimate of drug-likeness (QED) is 0.0637. The molecule has 2 aromatic heterocycles. The molecule has 7 rings (SSSR count). The van der Waals surface area contributed by atoms with Crippen molar-refractivity contribution in [2.45, 2.75) is 73.1 Å². The summed E-state index contributed by atoms with van der Waals surface area (Å²) in [5, 5.41) is 86.6. The lowest BCUT2D eigenvalue weighted by Gasteiger charge is -2.35. The fourth-order valence-corrected chi connectivity index (χ4v) is 8.41. The van der Waals surface area contributed by atoms with E-state index < -0.39 is 39.4 Å². The van der Waals surface area contributed by atoms with E-state index in [9.17, 15) is 50.4 Å². The molecule has 2 unspecified atom stereocenters. The molecular formula is C50H48O12. The third-order valence-electron chi connectivity index (χ3n) is 11.3. The Balaban J connectivity index is 1.39. The van der Waals surface area contributed by atoms with E-state index in [-0.39, 0.29) is 108 Å². The summed E-state index contributed by atoms with van der Waals surface area (Å²) < 4.78 is 12.9. The van der Waals surface area contributed by atoms with Crippen LogP contribution in [0.3, 0.4) is 0 Å². The summed E-state index contributed by atoms with van der Waals surface area (Å²) >= 11 is 0. The number of fused-ring (bicyclic) bond motifs is 2. The van der Waals surface area contributed by atoms with Crippen LogP contribution in [0, 0.1) is 5.41 Å². The first kappa shape index (κ1) is 42.8. The highest BCUT2D eigenvalue weighted by molar-refractivity contribution is 5.95. The fourth-order valence-electron chi connectivity index (χ4n) is 8.41. The number of hydrogen-bond acceptors (Lipinski definition) is 12. The van der Waals surface area contributed by atoms with Crippen LogP contribution < -0.4 is 10.9 Å². The molecule has 4 aromatic carbocycles. The zero-order chi connectivity index (χ0) is 44.9. The minimum absolute atomic E-state index is 0.00287. The average Bonchev–Trinajstić information content (AvgIpc) is 3.16. The Hall–Kier alpha value is -7.34. The molecule has 12 heteroatoms. The van der Waals surface area contributed by atoms with Crippen molar-refractivity contribution in [3.8, 4) is 68.6 Å². The molecular weight excluding hydrogens is 793 g/mol. The Morgan fingerprint density at radius 2 is 1.15 bits per heavy atom. The van der Waals surface area contributed by atoms with E-state index in [0.717, 1.165) is 41.0 Å². The zero-order valence-electron chi connectivity index (χ0n) is 35.1. The van der Waals surface area contributed by atoms with Gasteiger partial charge in [-0.2, -0.15) is 0 Å². The molecule has 0 saturated heterocycles. The van der Waals surface area contributed by atoms with Crippen LogP contribution in [0.1, 0.15) is 82.6 Å². The number of allylic oxidation sites excluding steroid dienone is 7. The van der Waals surface area contributed by atoms with Crippen molar-refractivity contribution < 1.29 is 49.7 Å². The van der Waals surface area contributed by atoms with Crippen molar-refractivity contribution in [1.29, 1.82) is 0 Å². The maximum absolute atomic E-state index is 14.4. The van der Waals surface area contributed by atoms with Crippen molar-refractivity contribution in [3.05, 3.63) is 132 Å². The van der Waals surface area contributed by atoms with Crippen molar-refractivity contribution in [1.82, 2.24) is 0 Å². The molecule has 8 N–H and O–H groups in total. The first-order valence-corrected chi connectivity index (χ1v) is 20.0. The van der Waals surface area contributed by atoms with Crippen LogP contribution in [-0.4, -0.2) is 40.9 Å². The molecule has 12 nitrogen and oxygen atoms in total. The second kappa shape index (κ2) is 16.3. The monoisotopic (exact) mass is 840 g/mol. The predicted octanol–water partition coefficient (Wildman–Crippen LogP) is 10.4. The first-order chi connectivity index (χ1) is 29.3. The van der Waals surface area contributed by atoms with Crippen molar-refractivity contribution >= 4 is 28.0 Å².